The van der Waals surface area contributed by atoms with Crippen molar-refractivity contribution in [2.24, 2.45) is 5.92 Å². The van der Waals surface area contributed by atoms with E-state index in [4.69, 9.17) is 11.6 Å². The summed E-state index contributed by atoms with van der Waals surface area (Å²) >= 11 is 5.94. The molecule has 212 valence electrons. The Morgan fingerprint density at radius 2 is 1.48 bits per heavy atom. The van der Waals surface area contributed by atoms with E-state index in [1.807, 2.05) is 60.7 Å². The molecule has 0 saturated carbocycles. The molecule has 1 aliphatic heterocycles. The summed E-state index contributed by atoms with van der Waals surface area (Å²) in [5.74, 6) is -0.133. The molecule has 7 heteroatoms. The molecule has 1 aliphatic rings. The van der Waals surface area contributed by atoms with Crippen molar-refractivity contribution in [2.75, 3.05) is 13.1 Å². The van der Waals surface area contributed by atoms with Crippen LogP contribution in [0.2, 0.25) is 5.02 Å². The number of piperidine rings is 1. The molecular formula is C33H39ClFN3O2. The number of rotatable bonds is 11. The Labute approximate surface area is 242 Å². The number of nitrogens with zero attached hydrogens (tertiary/aromatic N) is 2. The van der Waals surface area contributed by atoms with Crippen LogP contribution in [-0.4, -0.2) is 40.7 Å². The Morgan fingerprint density at radius 1 is 0.900 bits per heavy atom. The van der Waals surface area contributed by atoms with Crippen LogP contribution < -0.4 is 5.32 Å². The fourth-order valence-electron chi connectivity index (χ4n) is 5.34. The summed E-state index contributed by atoms with van der Waals surface area (Å²) in [6, 6.07) is 21.8. The van der Waals surface area contributed by atoms with E-state index >= 15 is 0 Å². The predicted molar refractivity (Wildman–Crippen MR) is 158 cm³/mol. The standard InChI is InChI=1S/C33H39ClFN3O2/c1-3-27(4-2)33(40)38(31-17-19-37(20-18-31)22-25-9-15-30(35)16-10-25)23-26-5-11-28(12-6-26)32(39)36-21-24-7-13-29(34)14-8-24/h5-16,27,31H,3-4,17-23H2,1-2H3,(H,36,39). The van der Waals surface area contributed by atoms with Gasteiger partial charge in [-0.1, -0.05) is 61.8 Å². The number of hydrogen-bond acceptors (Lipinski definition) is 3. The van der Waals surface area contributed by atoms with Gasteiger partial charge in [0.2, 0.25) is 5.91 Å². The lowest BCUT2D eigenvalue weighted by Gasteiger charge is -2.40. The molecule has 0 bridgehead atoms. The SMILES string of the molecule is CCC(CC)C(=O)N(Cc1ccc(C(=O)NCc2ccc(Cl)cc2)cc1)C1CCN(Cc2ccc(F)cc2)CC1. The Balaban J connectivity index is 1.38. The average molecular weight is 564 g/mol. The normalized spacial score (nSPS) is 14.3. The number of nitrogens with one attached hydrogen (secondary N) is 1. The van der Waals surface area contributed by atoms with Crippen LogP contribution in [0.3, 0.4) is 0 Å². The van der Waals surface area contributed by atoms with Crippen molar-refractivity contribution in [3.05, 3.63) is 106 Å². The number of carbonyl (C=O) groups excluding carboxylic acids is 2. The van der Waals surface area contributed by atoms with Crippen molar-refractivity contribution in [3.63, 3.8) is 0 Å². The van der Waals surface area contributed by atoms with Crippen molar-refractivity contribution >= 4 is 23.4 Å². The van der Waals surface area contributed by atoms with Crippen LogP contribution in [0.25, 0.3) is 0 Å². The zero-order chi connectivity index (χ0) is 28.5. The molecule has 0 aliphatic carbocycles. The fourth-order valence-corrected chi connectivity index (χ4v) is 5.47. The third-order valence-electron chi connectivity index (χ3n) is 7.87. The summed E-state index contributed by atoms with van der Waals surface area (Å²) in [4.78, 5) is 30.8. The van der Waals surface area contributed by atoms with Crippen LogP contribution in [0, 0.1) is 11.7 Å². The second-order valence-electron chi connectivity index (χ2n) is 10.6. The molecule has 1 heterocycles. The highest BCUT2D eigenvalue weighted by molar-refractivity contribution is 6.30. The first-order valence-corrected chi connectivity index (χ1v) is 14.6. The molecule has 0 radical (unpaired) electrons. The lowest BCUT2D eigenvalue weighted by molar-refractivity contribution is -0.140. The monoisotopic (exact) mass is 563 g/mol. The highest BCUT2D eigenvalue weighted by Crippen LogP contribution is 2.25. The number of amides is 2. The number of hydrogen-bond donors (Lipinski definition) is 1. The zero-order valence-corrected chi connectivity index (χ0v) is 24.2. The predicted octanol–water partition coefficient (Wildman–Crippen LogP) is 6.84. The van der Waals surface area contributed by atoms with Gasteiger partial charge in [-0.3, -0.25) is 14.5 Å². The van der Waals surface area contributed by atoms with E-state index in [-0.39, 0.29) is 29.6 Å². The molecule has 40 heavy (non-hydrogen) atoms. The maximum Gasteiger partial charge on any atom is 0.251 e. The lowest BCUT2D eigenvalue weighted by Crippen LogP contribution is -2.48. The van der Waals surface area contributed by atoms with Gasteiger partial charge >= 0.3 is 0 Å². The van der Waals surface area contributed by atoms with Crippen LogP contribution in [0.15, 0.2) is 72.8 Å². The van der Waals surface area contributed by atoms with E-state index in [0.717, 1.165) is 62.0 Å². The highest BCUT2D eigenvalue weighted by Gasteiger charge is 2.31. The second-order valence-corrected chi connectivity index (χ2v) is 11.1. The summed E-state index contributed by atoms with van der Waals surface area (Å²) in [6.45, 7) is 7.68. The van der Waals surface area contributed by atoms with Gasteiger partial charge in [-0.25, -0.2) is 4.39 Å². The van der Waals surface area contributed by atoms with Gasteiger partial charge < -0.3 is 10.2 Å². The lowest BCUT2D eigenvalue weighted by atomic mass is 9.96. The number of halogens is 2. The van der Waals surface area contributed by atoms with Gasteiger partial charge in [-0.2, -0.15) is 0 Å². The third kappa shape index (κ3) is 8.15. The van der Waals surface area contributed by atoms with Crippen molar-refractivity contribution < 1.29 is 14.0 Å². The van der Waals surface area contributed by atoms with Gasteiger partial charge in [-0.05, 0) is 78.8 Å². The molecular weight excluding hydrogens is 525 g/mol. The second kappa shape index (κ2) is 14.4. The summed E-state index contributed by atoms with van der Waals surface area (Å²) in [5, 5.41) is 3.61. The number of benzene rings is 3. The van der Waals surface area contributed by atoms with Crippen molar-refractivity contribution in [3.8, 4) is 0 Å². The molecule has 0 atom stereocenters. The number of carbonyl (C=O) groups is 2. The molecule has 1 N–H and O–H groups in total. The van der Waals surface area contributed by atoms with Crippen LogP contribution in [0.5, 0.6) is 0 Å². The molecule has 3 aromatic carbocycles. The molecule has 2 amide bonds. The Morgan fingerprint density at radius 3 is 2.08 bits per heavy atom. The summed E-state index contributed by atoms with van der Waals surface area (Å²) in [5.41, 5.74) is 3.68. The van der Waals surface area contributed by atoms with Gasteiger partial charge in [0.25, 0.3) is 5.91 Å². The van der Waals surface area contributed by atoms with Crippen molar-refractivity contribution in [2.45, 2.75) is 65.2 Å². The Hall–Kier alpha value is -3.22. The zero-order valence-electron chi connectivity index (χ0n) is 23.4. The topological polar surface area (TPSA) is 52.7 Å². The average Bonchev–Trinajstić information content (AvgIpc) is 2.98. The van der Waals surface area contributed by atoms with Crippen molar-refractivity contribution in [1.29, 1.82) is 0 Å². The van der Waals surface area contributed by atoms with E-state index in [2.05, 4.69) is 29.0 Å². The quantitative estimate of drug-likeness (QED) is 0.278. The smallest absolute Gasteiger partial charge is 0.251 e. The number of likely N-dealkylation sites (tertiary alicyclic amines) is 1. The Bertz CT molecular complexity index is 1240. The van der Waals surface area contributed by atoms with Crippen LogP contribution in [0.1, 0.15) is 66.6 Å². The van der Waals surface area contributed by atoms with Gasteiger partial charge in [-0.15, -0.1) is 0 Å². The fraction of sp³-hybridized carbons (Fsp3) is 0.394. The summed E-state index contributed by atoms with van der Waals surface area (Å²) < 4.78 is 13.3. The van der Waals surface area contributed by atoms with E-state index in [1.54, 1.807) is 0 Å². The van der Waals surface area contributed by atoms with E-state index in [1.165, 1.54) is 12.1 Å². The maximum atomic E-state index is 13.6. The first-order chi connectivity index (χ1) is 19.4. The largest absolute Gasteiger partial charge is 0.348 e. The third-order valence-corrected chi connectivity index (χ3v) is 8.12. The van der Waals surface area contributed by atoms with Gasteiger partial charge in [0.1, 0.15) is 5.82 Å². The first-order valence-electron chi connectivity index (χ1n) is 14.2. The van der Waals surface area contributed by atoms with Crippen LogP contribution in [-0.2, 0) is 24.4 Å². The van der Waals surface area contributed by atoms with Crippen LogP contribution in [0.4, 0.5) is 4.39 Å². The molecule has 4 rings (SSSR count). The Kier molecular flexibility index (Phi) is 10.7. The molecule has 1 fully saturated rings. The van der Waals surface area contributed by atoms with Gasteiger partial charge in [0, 0.05) is 55.3 Å². The van der Waals surface area contributed by atoms with E-state index in [9.17, 15) is 14.0 Å². The summed E-state index contributed by atoms with van der Waals surface area (Å²) in [7, 11) is 0. The molecule has 0 spiro atoms. The van der Waals surface area contributed by atoms with Gasteiger partial charge in [0.05, 0.1) is 0 Å². The minimum absolute atomic E-state index is 0.00941. The van der Waals surface area contributed by atoms with E-state index < -0.39 is 0 Å². The molecule has 3 aromatic rings. The minimum atomic E-state index is -0.218. The molecule has 0 unspecified atom stereocenters. The highest BCUT2D eigenvalue weighted by atomic mass is 35.5. The molecule has 5 nitrogen and oxygen atoms in total. The maximum absolute atomic E-state index is 13.6. The minimum Gasteiger partial charge on any atom is -0.348 e. The van der Waals surface area contributed by atoms with E-state index in [0.29, 0.717) is 23.7 Å². The molecule has 1 saturated heterocycles. The van der Waals surface area contributed by atoms with Gasteiger partial charge in [0.15, 0.2) is 0 Å². The first kappa shape index (κ1) is 29.8. The van der Waals surface area contributed by atoms with Crippen LogP contribution >= 0.6 is 11.6 Å². The summed E-state index contributed by atoms with van der Waals surface area (Å²) in [6.07, 6.45) is 3.44. The van der Waals surface area contributed by atoms with Crippen molar-refractivity contribution in [1.82, 2.24) is 15.1 Å². The molecule has 0 aromatic heterocycles.